The number of hydrogen-bond acceptors (Lipinski definition) is 6. The molecule has 0 spiro atoms. The quantitative estimate of drug-likeness (QED) is 0.559. The number of amides is 1. The summed E-state index contributed by atoms with van der Waals surface area (Å²) in [6, 6.07) is 0. The highest BCUT2D eigenvalue weighted by Crippen LogP contribution is 2.27. The van der Waals surface area contributed by atoms with Crippen molar-refractivity contribution in [2.45, 2.75) is 13.3 Å². The van der Waals surface area contributed by atoms with E-state index < -0.39 is 5.91 Å². The summed E-state index contributed by atoms with van der Waals surface area (Å²) in [5.74, 6) is -0.0882. The van der Waals surface area contributed by atoms with Gasteiger partial charge >= 0.3 is 0 Å². The van der Waals surface area contributed by atoms with E-state index >= 15 is 0 Å². The van der Waals surface area contributed by atoms with Gasteiger partial charge in [-0.05, 0) is 32.3 Å². The molecule has 1 unspecified atom stereocenters. The fourth-order valence-electron chi connectivity index (χ4n) is 2.82. The molecule has 0 bridgehead atoms. The Morgan fingerprint density at radius 1 is 1.54 bits per heavy atom. The van der Waals surface area contributed by atoms with Crippen LogP contribution in [0.3, 0.4) is 0 Å². The monoisotopic (exact) mass is 348 g/mol. The van der Waals surface area contributed by atoms with Gasteiger partial charge in [-0.2, -0.15) is 0 Å². The fraction of sp³-hybridized carbons (Fsp3) is 0.158. The summed E-state index contributed by atoms with van der Waals surface area (Å²) in [7, 11) is 0. The van der Waals surface area contributed by atoms with Gasteiger partial charge in [0.05, 0.1) is 17.6 Å². The third kappa shape index (κ3) is 3.46. The normalized spacial score (nSPS) is 18.8. The molecule has 3 rings (SSSR count). The number of carbonyl (C=O) groups is 1. The lowest BCUT2D eigenvalue weighted by atomic mass is 9.97. The number of nitrogens with one attached hydrogen (secondary N) is 2. The Morgan fingerprint density at radius 2 is 2.38 bits per heavy atom. The molecule has 0 saturated heterocycles. The third-order valence-electron chi connectivity index (χ3n) is 4.04. The van der Waals surface area contributed by atoms with Crippen molar-refractivity contribution in [1.82, 2.24) is 20.6 Å². The van der Waals surface area contributed by atoms with Gasteiger partial charge < -0.3 is 16.4 Å². The van der Waals surface area contributed by atoms with E-state index in [1.165, 1.54) is 6.20 Å². The molecule has 1 atom stereocenters. The number of aromatic nitrogens is 2. The molecule has 1 amide bonds. The zero-order valence-corrected chi connectivity index (χ0v) is 14.4. The molecule has 0 fully saturated rings. The maximum Gasteiger partial charge on any atom is 0.278 e. The van der Waals surface area contributed by atoms with E-state index in [0.717, 1.165) is 12.1 Å². The molecule has 2 aliphatic rings. The second-order valence-electron chi connectivity index (χ2n) is 5.79. The number of rotatable bonds is 5. The van der Waals surface area contributed by atoms with Crippen LogP contribution in [-0.2, 0) is 0 Å². The number of allylic oxidation sites excluding steroid dienone is 6. The topological polar surface area (TPSA) is 105 Å². The van der Waals surface area contributed by atoms with Crippen molar-refractivity contribution in [3.05, 3.63) is 71.8 Å². The Hall–Kier alpha value is -3.48. The van der Waals surface area contributed by atoms with E-state index in [9.17, 15) is 4.79 Å². The van der Waals surface area contributed by atoms with Gasteiger partial charge in [0.15, 0.2) is 11.5 Å². The van der Waals surface area contributed by atoms with E-state index in [1.54, 1.807) is 6.20 Å². The second kappa shape index (κ2) is 7.60. The lowest BCUT2D eigenvalue weighted by molar-refractivity contribution is 0.0962. The van der Waals surface area contributed by atoms with E-state index in [4.69, 9.17) is 5.73 Å². The van der Waals surface area contributed by atoms with Crippen LogP contribution in [0.15, 0.2) is 65.4 Å². The van der Waals surface area contributed by atoms with Crippen molar-refractivity contribution >= 4 is 24.0 Å². The molecule has 1 aliphatic heterocycles. The molecule has 4 N–H and O–H groups in total. The van der Waals surface area contributed by atoms with Crippen molar-refractivity contribution in [1.29, 1.82) is 0 Å². The standard InChI is InChI=1S/C19H20N6O/c1-3-5-13(10-21-2)15-11-23-18(20)17(24-15)19(26)25-14-7-4-6-12-8-9-22-16(12)14/h3-5,7-12,22H,2,6H2,1H3,(H2,20,23)(H,25,26). The van der Waals surface area contributed by atoms with Crippen LogP contribution in [0, 0.1) is 5.92 Å². The van der Waals surface area contributed by atoms with E-state index in [1.807, 2.05) is 37.4 Å². The number of nitrogens with zero attached hydrogens (tertiary/aromatic N) is 3. The molecule has 0 aromatic carbocycles. The lowest BCUT2D eigenvalue weighted by Crippen LogP contribution is -2.29. The predicted octanol–water partition coefficient (Wildman–Crippen LogP) is 2.31. The number of nitrogen functional groups attached to an aromatic ring is 1. The zero-order chi connectivity index (χ0) is 18.5. The molecule has 26 heavy (non-hydrogen) atoms. The molecule has 2 heterocycles. The first kappa shape index (κ1) is 17.3. The van der Waals surface area contributed by atoms with Crippen LogP contribution in [0.5, 0.6) is 0 Å². The van der Waals surface area contributed by atoms with Gasteiger partial charge in [-0.1, -0.05) is 24.3 Å². The minimum absolute atomic E-state index is 0.0662. The minimum atomic E-state index is -0.412. The SMILES string of the molecule is C=NC=C(C=CC)c1cnc(N)c(C(=O)NC2=C3NC=CC3CC=C2)n1. The summed E-state index contributed by atoms with van der Waals surface area (Å²) in [4.78, 5) is 25.0. The average Bonchev–Trinajstić information content (AvgIpc) is 3.12. The first-order valence-corrected chi connectivity index (χ1v) is 8.21. The Kier molecular flexibility index (Phi) is 5.07. The van der Waals surface area contributed by atoms with Crippen LogP contribution in [-0.4, -0.2) is 22.6 Å². The van der Waals surface area contributed by atoms with Gasteiger partial charge in [-0.3, -0.25) is 9.79 Å². The fourth-order valence-corrected chi connectivity index (χ4v) is 2.82. The highest BCUT2D eigenvalue weighted by molar-refractivity contribution is 5.98. The van der Waals surface area contributed by atoms with Crippen molar-refractivity contribution in [2.75, 3.05) is 5.73 Å². The molecule has 1 aliphatic carbocycles. The van der Waals surface area contributed by atoms with Crippen LogP contribution in [0.25, 0.3) is 5.57 Å². The van der Waals surface area contributed by atoms with Gasteiger partial charge in [0, 0.05) is 23.4 Å². The van der Waals surface area contributed by atoms with E-state index in [0.29, 0.717) is 17.0 Å². The van der Waals surface area contributed by atoms with Gasteiger partial charge in [0.1, 0.15) is 0 Å². The van der Waals surface area contributed by atoms with Crippen LogP contribution in [0.1, 0.15) is 29.5 Å². The summed E-state index contributed by atoms with van der Waals surface area (Å²) in [5.41, 5.74) is 8.80. The maximum atomic E-state index is 12.7. The summed E-state index contributed by atoms with van der Waals surface area (Å²) < 4.78 is 0. The molecular formula is C19H20N6O. The first-order chi connectivity index (χ1) is 12.6. The van der Waals surface area contributed by atoms with Gasteiger partial charge in [-0.15, -0.1) is 0 Å². The number of anilines is 1. The Morgan fingerprint density at radius 3 is 3.15 bits per heavy atom. The number of nitrogens with two attached hydrogens (primary N) is 1. The second-order valence-corrected chi connectivity index (χ2v) is 5.79. The highest BCUT2D eigenvalue weighted by Gasteiger charge is 2.23. The molecule has 0 radical (unpaired) electrons. The highest BCUT2D eigenvalue weighted by atomic mass is 16.1. The molecule has 7 heteroatoms. The van der Waals surface area contributed by atoms with Crippen molar-refractivity contribution in [3.8, 4) is 0 Å². The molecule has 1 aromatic rings. The summed E-state index contributed by atoms with van der Waals surface area (Å²) in [5, 5.41) is 6.04. The van der Waals surface area contributed by atoms with Gasteiger partial charge in [-0.25, -0.2) is 9.97 Å². The van der Waals surface area contributed by atoms with Crippen LogP contribution < -0.4 is 16.4 Å². The van der Waals surface area contributed by atoms with E-state index in [2.05, 4.69) is 38.4 Å². The van der Waals surface area contributed by atoms with Gasteiger partial charge in [0.2, 0.25) is 0 Å². The average molecular weight is 348 g/mol. The van der Waals surface area contributed by atoms with Crippen molar-refractivity contribution in [3.63, 3.8) is 0 Å². The van der Waals surface area contributed by atoms with E-state index in [-0.39, 0.29) is 17.4 Å². The summed E-state index contributed by atoms with van der Waals surface area (Å²) >= 11 is 0. The number of hydrogen-bond donors (Lipinski definition) is 3. The predicted molar refractivity (Wildman–Crippen MR) is 103 cm³/mol. The molecular weight excluding hydrogens is 328 g/mol. The molecule has 0 saturated carbocycles. The first-order valence-electron chi connectivity index (χ1n) is 8.21. The van der Waals surface area contributed by atoms with Crippen LogP contribution in [0.4, 0.5) is 5.82 Å². The Bertz CT molecular complexity index is 891. The maximum absolute atomic E-state index is 12.7. The smallest absolute Gasteiger partial charge is 0.278 e. The van der Waals surface area contributed by atoms with Gasteiger partial charge in [0.25, 0.3) is 5.91 Å². The van der Waals surface area contributed by atoms with Crippen LogP contribution >= 0.6 is 0 Å². The zero-order valence-electron chi connectivity index (χ0n) is 14.4. The van der Waals surface area contributed by atoms with Crippen molar-refractivity contribution < 1.29 is 4.79 Å². The minimum Gasteiger partial charge on any atom is -0.382 e. The molecule has 7 nitrogen and oxygen atoms in total. The summed E-state index contributed by atoms with van der Waals surface area (Å²) in [6.45, 7) is 5.33. The number of fused-ring (bicyclic) bond motifs is 1. The molecule has 1 aromatic heterocycles. The lowest BCUT2D eigenvalue weighted by Gasteiger charge is -2.19. The largest absolute Gasteiger partial charge is 0.382 e. The summed E-state index contributed by atoms with van der Waals surface area (Å²) in [6.07, 6.45) is 15.5. The molecule has 132 valence electrons. The van der Waals surface area contributed by atoms with Crippen molar-refractivity contribution in [2.24, 2.45) is 10.9 Å². The van der Waals surface area contributed by atoms with Crippen LogP contribution in [0.2, 0.25) is 0 Å². The third-order valence-corrected chi connectivity index (χ3v) is 4.04. The Balaban J connectivity index is 1.90. The Labute approximate surface area is 151 Å². The number of carbonyl (C=O) groups excluding carboxylic acids is 1. The number of aliphatic imine (C=N–C) groups is 1.